The van der Waals surface area contributed by atoms with Gasteiger partial charge >= 0.3 is 5.97 Å². The van der Waals surface area contributed by atoms with Gasteiger partial charge in [0.25, 0.3) is 0 Å². The molecule has 1 amide bonds. The number of amides is 1. The van der Waals surface area contributed by atoms with Crippen LogP contribution < -0.4 is 5.32 Å². The van der Waals surface area contributed by atoms with Gasteiger partial charge in [-0.15, -0.1) is 0 Å². The van der Waals surface area contributed by atoms with Crippen LogP contribution in [0.15, 0.2) is 24.3 Å². The molecule has 0 aromatic rings. The highest BCUT2D eigenvalue weighted by atomic mass is 16.5. The van der Waals surface area contributed by atoms with Crippen LogP contribution in [0.4, 0.5) is 0 Å². The quantitative estimate of drug-likeness (QED) is 0.0323. The monoisotopic (exact) mass is 818 g/mol. The predicted molar refractivity (Wildman–Crippen MR) is 250 cm³/mol. The van der Waals surface area contributed by atoms with Crippen molar-refractivity contribution in [3.8, 4) is 0 Å². The minimum atomic E-state index is -0.673. The molecule has 6 heteroatoms. The number of hydrogen-bond acceptors (Lipinski definition) is 5. The van der Waals surface area contributed by atoms with Gasteiger partial charge < -0.3 is 20.3 Å². The second-order valence-electron chi connectivity index (χ2n) is 17.5. The lowest BCUT2D eigenvalue weighted by Gasteiger charge is -2.22. The van der Waals surface area contributed by atoms with E-state index in [9.17, 15) is 19.8 Å². The van der Waals surface area contributed by atoms with Gasteiger partial charge in [-0.2, -0.15) is 0 Å². The lowest BCUT2D eigenvalue weighted by Crippen LogP contribution is -2.45. The van der Waals surface area contributed by atoms with Crippen LogP contribution in [0.5, 0.6) is 0 Å². The maximum Gasteiger partial charge on any atom is 0.305 e. The normalized spacial score (nSPS) is 12.8. The van der Waals surface area contributed by atoms with Gasteiger partial charge in [0.2, 0.25) is 5.91 Å². The third-order valence-electron chi connectivity index (χ3n) is 11.7. The van der Waals surface area contributed by atoms with Crippen molar-refractivity contribution in [2.75, 3.05) is 13.2 Å². The minimum absolute atomic E-state index is 0.0214. The zero-order valence-electron chi connectivity index (χ0n) is 38.8. The van der Waals surface area contributed by atoms with Crippen LogP contribution in [0.2, 0.25) is 0 Å². The summed E-state index contributed by atoms with van der Waals surface area (Å²) in [6.45, 7) is 4.88. The van der Waals surface area contributed by atoms with Crippen molar-refractivity contribution in [2.24, 2.45) is 0 Å². The lowest BCUT2D eigenvalue weighted by atomic mass is 10.0. The Morgan fingerprint density at radius 1 is 0.466 bits per heavy atom. The summed E-state index contributed by atoms with van der Waals surface area (Å²) in [6.07, 6.45) is 55.7. The summed E-state index contributed by atoms with van der Waals surface area (Å²) in [5, 5.41) is 23.2. The Hall–Kier alpha value is -1.66. The van der Waals surface area contributed by atoms with Gasteiger partial charge in [0.05, 0.1) is 25.4 Å². The summed E-state index contributed by atoms with van der Waals surface area (Å²) in [7, 11) is 0. The zero-order chi connectivity index (χ0) is 42.3. The molecule has 0 heterocycles. The highest BCUT2D eigenvalue weighted by molar-refractivity contribution is 5.76. The number of nitrogens with one attached hydrogen (secondary N) is 1. The molecule has 0 radical (unpaired) electrons. The molecule has 2 atom stereocenters. The average molecular weight is 818 g/mol. The SMILES string of the molecule is CCCC/C=C\CCCCCCCC(=O)OCCCCCC/C=C\CCCCCCCCCC(=O)NC(CO)C(O)CCCCCCCCCCCCCCCCC. The highest BCUT2D eigenvalue weighted by Gasteiger charge is 2.20. The number of carbonyl (C=O) groups is 2. The van der Waals surface area contributed by atoms with Crippen molar-refractivity contribution in [2.45, 2.75) is 283 Å². The van der Waals surface area contributed by atoms with Crippen LogP contribution >= 0.6 is 0 Å². The van der Waals surface area contributed by atoms with Crippen molar-refractivity contribution in [1.29, 1.82) is 0 Å². The molecule has 342 valence electrons. The largest absolute Gasteiger partial charge is 0.466 e. The van der Waals surface area contributed by atoms with E-state index in [0.717, 1.165) is 70.6 Å². The van der Waals surface area contributed by atoms with E-state index < -0.39 is 12.1 Å². The van der Waals surface area contributed by atoms with E-state index in [1.165, 1.54) is 167 Å². The number of hydrogen-bond donors (Lipinski definition) is 3. The maximum atomic E-state index is 12.4. The maximum absolute atomic E-state index is 12.4. The van der Waals surface area contributed by atoms with Crippen molar-refractivity contribution < 1.29 is 24.5 Å². The molecular formula is C52H99NO5. The molecule has 3 N–H and O–H groups in total. The van der Waals surface area contributed by atoms with Crippen molar-refractivity contribution in [3.63, 3.8) is 0 Å². The summed E-state index contributed by atoms with van der Waals surface area (Å²) >= 11 is 0. The van der Waals surface area contributed by atoms with Gasteiger partial charge in [-0.1, -0.05) is 212 Å². The van der Waals surface area contributed by atoms with E-state index in [1.807, 2.05) is 0 Å². The second-order valence-corrected chi connectivity index (χ2v) is 17.5. The van der Waals surface area contributed by atoms with E-state index in [0.29, 0.717) is 25.9 Å². The number of aliphatic hydroxyl groups is 2. The number of rotatable bonds is 47. The molecule has 0 bridgehead atoms. The Morgan fingerprint density at radius 3 is 1.28 bits per heavy atom. The zero-order valence-corrected chi connectivity index (χ0v) is 38.8. The van der Waals surface area contributed by atoms with E-state index in [2.05, 4.69) is 43.5 Å². The summed E-state index contributed by atoms with van der Waals surface area (Å²) in [4.78, 5) is 24.4. The average Bonchev–Trinajstić information content (AvgIpc) is 3.22. The number of allylic oxidation sites excluding steroid dienone is 4. The fourth-order valence-corrected chi connectivity index (χ4v) is 7.73. The van der Waals surface area contributed by atoms with Crippen LogP contribution in [0.3, 0.4) is 0 Å². The third-order valence-corrected chi connectivity index (χ3v) is 11.7. The van der Waals surface area contributed by atoms with Gasteiger partial charge in [0.15, 0.2) is 0 Å². The van der Waals surface area contributed by atoms with Crippen molar-refractivity contribution in [1.82, 2.24) is 5.32 Å². The van der Waals surface area contributed by atoms with Gasteiger partial charge in [0, 0.05) is 12.8 Å². The molecule has 0 spiro atoms. The minimum Gasteiger partial charge on any atom is -0.466 e. The molecule has 58 heavy (non-hydrogen) atoms. The van der Waals surface area contributed by atoms with Crippen LogP contribution in [-0.2, 0) is 14.3 Å². The lowest BCUT2D eigenvalue weighted by molar-refractivity contribution is -0.143. The van der Waals surface area contributed by atoms with Crippen molar-refractivity contribution in [3.05, 3.63) is 24.3 Å². The molecule has 0 fully saturated rings. The first-order chi connectivity index (χ1) is 28.5. The predicted octanol–water partition coefficient (Wildman–Crippen LogP) is 15.1. The van der Waals surface area contributed by atoms with E-state index in [-0.39, 0.29) is 18.5 Å². The molecular weight excluding hydrogens is 719 g/mol. The van der Waals surface area contributed by atoms with Gasteiger partial charge in [-0.3, -0.25) is 9.59 Å². The summed E-state index contributed by atoms with van der Waals surface area (Å²) in [5.41, 5.74) is 0. The Balaban J connectivity index is 3.49. The number of aliphatic hydroxyl groups excluding tert-OH is 2. The molecule has 0 saturated carbocycles. The first kappa shape index (κ1) is 56.3. The van der Waals surface area contributed by atoms with Crippen LogP contribution in [0, 0.1) is 0 Å². The fourth-order valence-electron chi connectivity index (χ4n) is 7.73. The highest BCUT2D eigenvalue weighted by Crippen LogP contribution is 2.16. The summed E-state index contributed by atoms with van der Waals surface area (Å²) in [5.74, 6) is -0.0716. The Labute approximate surface area is 361 Å². The molecule has 0 aliphatic rings. The molecule has 0 rings (SSSR count). The van der Waals surface area contributed by atoms with Crippen molar-refractivity contribution >= 4 is 11.9 Å². The number of carbonyl (C=O) groups excluding carboxylic acids is 2. The molecule has 6 nitrogen and oxygen atoms in total. The molecule has 0 aliphatic carbocycles. The Bertz CT molecular complexity index is 904. The number of ether oxygens (including phenoxy) is 1. The first-order valence-corrected chi connectivity index (χ1v) is 25.6. The standard InChI is InChI=1S/C52H99NO5/c1-3-5-7-9-11-13-15-16-18-21-25-28-32-36-40-44-50(55)49(48-54)53-51(56)45-41-37-33-29-26-22-19-17-20-23-27-31-35-39-43-47-58-52(57)46-42-38-34-30-24-14-12-10-8-6-4-2/h10,12,20,23,49-50,54-55H,3-9,11,13-19,21-22,24-48H2,1-2H3,(H,53,56)/b12-10-,23-20-. The fraction of sp³-hybridized carbons (Fsp3) is 0.885. The molecule has 0 aliphatic heterocycles. The van der Waals surface area contributed by atoms with Crippen LogP contribution in [-0.4, -0.2) is 47.4 Å². The van der Waals surface area contributed by atoms with Gasteiger partial charge in [0.1, 0.15) is 0 Å². The molecule has 0 saturated heterocycles. The molecule has 0 aromatic heterocycles. The van der Waals surface area contributed by atoms with E-state index in [4.69, 9.17) is 4.74 Å². The Kier molecular flexibility index (Phi) is 46.6. The van der Waals surface area contributed by atoms with Crippen LogP contribution in [0.25, 0.3) is 0 Å². The van der Waals surface area contributed by atoms with E-state index >= 15 is 0 Å². The smallest absolute Gasteiger partial charge is 0.305 e. The summed E-state index contributed by atoms with van der Waals surface area (Å²) < 4.78 is 5.43. The summed E-state index contributed by atoms with van der Waals surface area (Å²) in [6, 6.07) is -0.552. The topological polar surface area (TPSA) is 95.9 Å². The van der Waals surface area contributed by atoms with Gasteiger partial charge in [-0.05, 0) is 70.6 Å². The molecule has 2 unspecified atom stereocenters. The van der Waals surface area contributed by atoms with Crippen LogP contribution in [0.1, 0.15) is 271 Å². The van der Waals surface area contributed by atoms with E-state index in [1.54, 1.807) is 0 Å². The van der Waals surface area contributed by atoms with Gasteiger partial charge in [-0.25, -0.2) is 0 Å². The number of unbranched alkanes of at least 4 members (excludes halogenated alkanes) is 32. The number of esters is 1. The third kappa shape index (κ3) is 43.9. The molecule has 0 aromatic carbocycles. The first-order valence-electron chi connectivity index (χ1n) is 25.6. The second kappa shape index (κ2) is 48.0. The Morgan fingerprint density at radius 2 is 0.828 bits per heavy atom.